The summed E-state index contributed by atoms with van der Waals surface area (Å²) in [6, 6.07) is 2.57. The molecule has 30 heavy (non-hydrogen) atoms. The number of piperidine rings is 1. The first-order valence-electron chi connectivity index (χ1n) is 10.5. The number of carboxylic acids is 1. The minimum absolute atomic E-state index is 0. The Balaban J connectivity index is 0.00000218. The van der Waals surface area contributed by atoms with Crippen molar-refractivity contribution < 1.29 is 14.6 Å². The van der Waals surface area contributed by atoms with Gasteiger partial charge in [-0.25, -0.2) is 4.79 Å². The SMILES string of the molecule is COc1c(N2CC3CCCNC3C2)c(C)cc2c(=O)c(C(=O)O)cn(C3CC3)c12.Cl. The van der Waals surface area contributed by atoms with E-state index >= 15 is 0 Å². The lowest BCUT2D eigenvalue weighted by molar-refractivity contribution is 0.0695. The molecule has 2 saturated heterocycles. The van der Waals surface area contributed by atoms with Gasteiger partial charge in [-0.3, -0.25) is 4.79 Å². The lowest BCUT2D eigenvalue weighted by Gasteiger charge is -2.26. The maximum absolute atomic E-state index is 12.9. The number of hydrogen-bond acceptors (Lipinski definition) is 5. The molecule has 2 aromatic rings. The molecule has 3 heterocycles. The maximum Gasteiger partial charge on any atom is 0.341 e. The van der Waals surface area contributed by atoms with Gasteiger partial charge in [0.05, 0.1) is 23.7 Å². The topological polar surface area (TPSA) is 83.8 Å². The molecule has 1 saturated carbocycles. The first kappa shape index (κ1) is 21.0. The summed E-state index contributed by atoms with van der Waals surface area (Å²) in [4.78, 5) is 27.0. The normalized spacial score (nSPS) is 23.2. The van der Waals surface area contributed by atoms with E-state index < -0.39 is 11.4 Å². The quantitative estimate of drug-likeness (QED) is 0.771. The fraction of sp³-hybridized carbons (Fsp3) is 0.545. The second-order valence-electron chi connectivity index (χ2n) is 8.65. The number of halogens is 1. The Labute approximate surface area is 181 Å². The minimum Gasteiger partial charge on any atom is -0.492 e. The molecule has 3 fully saturated rings. The van der Waals surface area contributed by atoms with Gasteiger partial charge in [-0.05, 0) is 56.7 Å². The summed E-state index contributed by atoms with van der Waals surface area (Å²) in [5, 5.41) is 13.6. The van der Waals surface area contributed by atoms with Gasteiger partial charge in [0, 0.05) is 31.4 Å². The number of carbonyl (C=O) groups is 1. The molecule has 2 atom stereocenters. The molecule has 2 N–H and O–H groups in total. The molecule has 0 radical (unpaired) electrons. The van der Waals surface area contributed by atoms with Crippen LogP contribution in [0, 0.1) is 12.8 Å². The van der Waals surface area contributed by atoms with E-state index in [0.29, 0.717) is 23.1 Å². The van der Waals surface area contributed by atoms with E-state index in [-0.39, 0.29) is 24.0 Å². The highest BCUT2D eigenvalue weighted by Gasteiger charge is 2.37. The van der Waals surface area contributed by atoms with Crippen LogP contribution in [-0.2, 0) is 0 Å². The third-order valence-corrected chi connectivity index (χ3v) is 6.73. The number of nitrogens with zero attached hydrogens (tertiary/aromatic N) is 2. The van der Waals surface area contributed by atoms with E-state index in [0.717, 1.165) is 49.2 Å². The third-order valence-electron chi connectivity index (χ3n) is 6.73. The lowest BCUT2D eigenvalue weighted by atomic mass is 9.94. The predicted molar refractivity (Wildman–Crippen MR) is 119 cm³/mol. The van der Waals surface area contributed by atoms with Crippen LogP contribution in [0.5, 0.6) is 5.75 Å². The number of ether oxygens (including phenoxy) is 1. The largest absolute Gasteiger partial charge is 0.492 e. The van der Waals surface area contributed by atoms with Crippen molar-refractivity contribution in [3.05, 3.63) is 33.6 Å². The fourth-order valence-electron chi connectivity index (χ4n) is 5.21. The molecule has 2 unspecified atom stereocenters. The van der Waals surface area contributed by atoms with E-state index in [9.17, 15) is 14.7 Å². The van der Waals surface area contributed by atoms with Crippen LogP contribution >= 0.6 is 12.4 Å². The summed E-state index contributed by atoms with van der Waals surface area (Å²) in [6.45, 7) is 4.96. The molecule has 0 spiro atoms. The van der Waals surface area contributed by atoms with Crippen molar-refractivity contribution >= 4 is 35.0 Å². The van der Waals surface area contributed by atoms with E-state index in [2.05, 4.69) is 10.2 Å². The minimum atomic E-state index is -1.18. The van der Waals surface area contributed by atoms with Crippen molar-refractivity contribution in [3.63, 3.8) is 0 Å². The van der Waals surface area contributed by atoms with Crippen molar-refractivity contribution in [2.45, 2.75) is 44.7 Å². The monoisotopic (exact) mass is 433 g/mol. The zero-order chi connectivity index (χ0) is 20.3. The first-order valence-corrected chi connectivity index (χ1v) is 10.5. The highest BCUT2D eigenvalue weighted by Crippen LogP contribution is 2.45. The molecular weight excluding hydrogens is 406 g/mol. The molecule has 2 aliphatic heterocycles. The molecule has 8 heteroatoms. The van der Waals surface area contributed by atoms with Gasteiger partial charge in [0.25, 0.3) is 0 Å². The molecule has 162 valence electrons. The number of fused-ring (bicyclic) bond motifs is 2. The van der Waals surface area contributed by atoms with Crippen LogP contribution in [0.4, 0.5) is 5.69 Å². The Morgan fingerprint density at radius 3 is 2.67 bits per heavy atom. The van der Waals surface area contributed by atoms with E-state index in [4.69, 9.17) is 4.74 Å². The number of nitrogens with one attached hydrogen (secondary N) is 1. The first-order chi connectivity index (χ1) is 14.0. The summed E-state index contributed by atoms with van der Waals surface area (Å²) < 4.78 is 7.87. The average molecular weight is 434 g/mol. The molecule has 0 amide bonds. The fourth-order valence-corrected chi connectivity index (χ4v) is 5.21. The number of methoxy groups -OCH3 is 1. The molecule has 1 aliphatic carbocycles. The molecule has 5 rings (SSSR count). The summed E-state index contributed by atoms with van der Waals surface area (Å²) in [5.74, 6) is 0.143. The van der Waals surface area contributed by atoms with E-state index in [1.807, 2.05) is 17.6 Å². The van der Waals surface area contributed by atoms with Crippen molar-refractivity contribution in [1.82, 2.24) is 9.88 Å². The van der Waals surface area contributed by atoms with E-state index in [1.54, 1.807) is 7.11 Å². The molecule has 3 aliphatic rings. The highest BCUT2D eigenvalue weighted by molar-refractivity contribution is 5.98. The van der Waals surface area contributed by atoms with Gasteiger partial charge in [-0.15, -0.1) is 12.4 Å². The molecular formula is C22H28ClN3O4. The zero-order valence-electron chi connectivity index (χ0n) is 17.3. The smallest absolute Gasteiger partial charge is 0.341 e. The number of anilines is 1. The van der Waals surface area contributed by atoms with Gasteiger partial charge in [0.1, 0.15) is 5.56 Å². The van der Waals surface area contributed by atoms with Crippen LogP contribution in [0.25, 0.3) is 10.9 Å². The van der Waals surface area contributed by atoms with Crippen molar-refractivity contribution in [2.75, 3.05) is 31.6 Å². The lowest BCUT2D eigenvalue weighted by Crippen LogP contribution is -2.40. The number of carboxylic acid groups (broad SMARTS) is 1. The van der Waals surface area contributed by atoms with Crippen LogP contribution in [0.3, 0.4) is 0 Å². The van der Waals surface area contributed by atoms with Crippen LogP contribution in [0.2, 0.25) is 0 Å². The van der Waals surface area contributed by atoms with Crippen LogP contribution in [0.15, 0.2) is 17.1 Å². The number of aromatic nitrogens is 1. The predicted octanol–water partition coefficient (Wildman–Crippen LogP) is 2.96. The number of hydrogen-bond donors (Lipinski definition) is 2. The number of aromatic carboxylic acids is 1. The van der Waals surface area contributed by atoms with Crippen LogP contribution in [-0.4, -0.2) is 48.4 Å². The average Bonchev–Trinajstić information content (AvgIpc) is 3.45. The van der Waals surface area contributed by atoms with Crippen LogP contribution in [0.1, 0.15) is 47.6 Å². The third kappa shape index (κ3) is 3.24. The van der Waals surface area contributed by atoms with Gasteiger partial charge in [0.15, 0.2) is 5.75 Å². The highest BCUT2D eigenvalue weighted by atomic mass is 35.5. The summed E-state index contributed by atoms with van der Waals surface area (Å²) in [6.07, 6.45) is 5.93. The molecule has 1 aromatic heterocycles. The Kier molecular flexibility index (Phi) is 5.45. The Bertz CT molecular complexity index is 1050. The van der Waals surface area contributed by atoms with Gasteiger partial charge in [-0.1, -0.05) is 0 Å². The Morgan fingerprint density at radius 2 is 2.03 bits per heavy atom. The standard InChI is InChI=1S/C22H27N3O4.ClH/c1-12-8-15-19(25(14-5-6-14)10-16(20(15)26)22(27)28)21(29-2)18(12)24-9-13-4-3-7-23-17(13)11-24;/h8,10,13-14,17,23H,3-7,9,11H2,1-2H3,(H,27,28);1H. The molecule has 1 aromatic carbocycles. The summed E-state index contributed by atoms with van der Waals surface area (Å²) >= 11 is 0. The molecule has 0 bridgehead atoms. The number of benzene rings is 1. The van der Waals surface area contributed by atoms with Gasteiger partial charge in [-0.2, -0.15) is 0 Å². The summed E-state index contributed by atoms with van der Waals surface area (Å²) in [5.41, 5.74) is 2.11. The summed E-state index contributed by atoms with van der Waals surface area (Å²) in [7, 11) is 1.64. The Morgan fingerprint density at radius 1 is 1.27 bits per heavy atom. The van der Waals surface area contributed by atoms with Gasteiger partial charge >= 0.3 is 5.97 Å². The number of rotatable bonds is 4. The van der Waals surface area contributed by atoms with Crippen molar-refractivity contribution in [3.8, 4) is 5.75 Å². The maximum atomic E-state index is 12.9. The second kappa shape index (κ2) is 7.78. The molecule has 7 nitrogen and oxygen atoms in total. The Hall–Kier alpha value is -2.25. The van der Waals surface area contributed by atoms with Crippen molar-refractivity contribution in [1.29, 1.82) is 0 Å². The second-order valence-corrected chi connectivity index (χ2v) is 8.65. The number of pyridine rings is 1. The van der Waals surface area contributed by atoms with Crippen LogP contribution < -0.4 is 20.4 Å². The van der Waals surface area contributed by atoms with Gasteiger partial charge in [0.2, 0.25) is 5.43 Å². The zero-order valence-corrected chi connectivity index (χ0v) is 18.1. The number of aryl methyl sites for hydroxylation is 1. The van der Waals surface area contributed by atoms with Crippen molar-refractivity contribution in [2.24, 2.45) is 5.92 Å². The van der Waals surface area contributed by atoms with Gasteiger partial charge < -0.3 is 24.6 Å². The van der Waals surface area contributed by atoms with E-state index in [1.165, 1.54) is 19.0 Å².